The minimum absolute atomic E-state index is 0.178. The molecule has 0 saturated heterocycles. The van der Waals surface area contributed by atoms with Crippen molar-refractivity contribution in [3.8, 4) is 0 Å². The second kappa shape index (κ2) is 5.44. The van der Waals surface area contributed by atoms with E-state index in [4.69, 9.17) is 4.74 Å². The molecule has 1 saturated carbocycles. The molecule has 21 heavy (non-hydrogen) atoms. The molecule has 0 radical (unpaired) electrons. The van der Waals surface area contributed by atoms with Gasteiger partial charge in [-0.05, 0) is 67.5 Å². The lowest BCUT2D eigenvalue weighted by Crippen LogP contribution is -2.24. The molecule has 1 heterocycles. The lowest BCUT2D eigenvalue weighted by Gasteiger charge is -2.17. The van der Waals surface area contributed by atoms with Crippen molar-refractivity contribution in [1.82, 2.24) is 4.57 Å². The summed E-state index contributed by atoms with van der Waals surface area (Å²) in [6, 6.07) is 6.10. The first-order chi connectivity index (χ1) is 10.0. The van der Waals surface area contributed by atoms with Gasteiger partial charge in [-0.2, -0.15) is 0 Å². The maximum atomic E-state index is 12.7. The van der Waals surface area contributed by atoms with Crippen LogP contribution in [-0.2, 0) is 4.74 Å². The van der Waals surface area contributed by atoms with Crippen LogP contribution in [0.2, 0.25) is 0 Å². The quantitative estimate of drug-likeness (QED) is 0.589. The molecule has 0 bridgehead atoms. The van der Waals surface area contributed by atoms with Crippen LogP contribution < -0.4 is 5.43 Å². The molecule has 0 atom stereocenters. The average Bonchev–Trinajstić information content (AvgIpc) is 3.23. The van der Waals surface area contributed by atoms with Crippen LogP contribution in [-0.4, -0.2) is 17.1 Å². The SMILES string of the molecule is CCOC(=O)c1c(C)n(C2CC2)c2cc(I)ccc2c1=O. The van der Waals surface area contributed by atoms with Crippen molar-refractivity contribution in [2.75, 3.05) is 6.61 Å². The number of aromatic nitrogens is 1. The summed E-state index contributed by atoms with van der Waals surface area (Å²) in [4.78, 5) is 24.8. The number of carbonyl (C=O) groups excluding carboxylic acids is 1. The van der Waals surface area contributed by atoms with Crippen LogP contribution in [0.1, 0.15) is 41.9 Å². The first kappa shape index (κ1) is 14.6. The highest BCUT2D eigenvalue weighted by Crippen LogP contribution is 2.38. The van der Waals surface area contributed by atoms with Gasteiger partial charge in [-0.25, -0.2) is 4.79 Å². The number of rotatable bonds is 3. The normalized spacial score (nSPS) is 14.4. The van der Waals surface area contributed by atoms with E-state index in [1.54, 1.807) is 13.0 Å². The Bertz CT molecular complexity index is 790. The summed E-state index contributed by atoms with van der Waals surface area (Å²) >= 11 is 2.24. The van der Waals surface area contributed by atoms with Gasteiger partial charge in [-0.1, -0.05) is 0 Å². The molecule has 0 N–H and O–H groups in total. The van der Waals surface area contributed by atoms with Gasteiger partial charge in [0.1, 0.15) is 5.56 Å². The van der Waals surface area contributed by atoms with Crippen molar-refractivity contribution in [1.29, 1.82) is 0 Å². The van der Waals surface area contributed by atoms with E-state index < -0.39 is 5.97 Å². The standard InChI is InChI=1S/C16H16INO3/c1-3-21-16(20)14-9(2)18(11-5-6-11)13-8-10(17)4-7-12(13)15(14)19/h4,7-8,11H,3,5-6H2,1-2H3. The van der Waals surface area contributed by atoms with Crippen molar-refractivity contribution in [2.45, 2.75) is 32.7 Å². The molecule has 3 rings (SSSR count). The van der Waals surface area contributed by atoms with Crippen LogP contribution in [0, 0.1) is 10.5 Å². The molecule has 1 aliphatic rings. The molecule has 2 aromatic rings. The monoisotopic (exact) mass is 397 g/mol. The first-order valence-electron chi connectivity index (χ1n) is 7.06. The maximum absolute atomic E-state index is 12.7. The number of carbonyl (C=O) groups is 1. The minimum Gasteiger partial charge on any atom is -0.462 e. The highest BCUT2D eigenvalue weighted by molar-refractivity contribution is 14.1. The molecule has 0 unspecified atom stereocenters. The lowest BCUT2D eigenvalue weighted by molar-refractivity contribution is 0.0523. The van der Waals surface area contributed by atoms with Crippen LogP contribution >= 0.6 is 22.6 Å². The molecule has 1 aromatic heterocycles. The van der Waals surface area contributed by atoms with Gasteiger partial charge in [-0.15, -0.1) is 0 Å². The molecule has 0 aliphatic heterocycles. The van der Waals surface area contributed by atoms with E-state index in [2.05, 4.69) is 27.2 Å². The zero-order valence-electron chi connectivity index (χ0n) is 12.0. The van der Waals surface area contributed by atoms with Crippen molar-refractivity contribution < 1.29 is 9.53 Å². The Kier molecular flexibility index (Phi) is 3.77. The maximum Gasteiger partial charge on any atom is 0.343 e. The van der Waals surface area contributed by atoms with E-state index in [-0.39, 0.29) is 17.6 Å². The molecule has 0 amide bonds. The van der Waals surface area contributed by atoms with E-state index in [1.807, 2.05) is 19.1 Å². The Morgan fingerprint density at radius 1 is 1.43 bits per heavy atom. The number of ether oxygens (including phenoxy) is 1. The van der Waals surface area contributed by atoms with Crippen molar-refractivity contribution in [3.05, 3.63) is 43.2 Å². The fourth-order valence-electron chi connectivity index (χ4n) is 2.74. The molecular weight excluding hydrogens is 381 g/mol. The van der Waals surface area contributed by atoms with Gasteiger partial charge in [0.15, 0.2) is 0 Å². The number of fused-ring (bicyclic) bond motifs is 1. The Morgan fingerprint density at radius 3 is 2.76 bits per heavy atom. The number of esters is 1. The van der Waals surface area contributed by atoms with E-state index in [0.717, 1.165) is 27.6 Å². The summed E-state index contributed by atoms with van der Waals surface area (Å²) in [5, 5.41) is 0.593. The van der Waals surface area contributed by atoms with Crippen LogP contribution in [0.5, 0.6) is 0 Å². The number of hydrogen-bond acceptors (Lipinski definition) is 3. The highest BCUT2D eigenvalue weighted by Gasteiger charge is 2.29. The van der Waals surface area contributed by atoms with Gasteiger partial charge >= 0.3 is 5.97 Å². The Labute approximate surface area is 136 Å². The number of nitrogens with zero attached hydrogens (tertiary/aromatic N) is 1. The minimum atomic E-state index is -0.519. The van der Waals surface area contributed by atoms with Crippen molar-refractivity contribution >= 4 is 39.5 Å². The van der Waals surface area contributed by atoms with Crippen LogP contribution in [0.4, 0.5) is 0 Å². The van der Waals surface area contributed by atoms with Crippen LogP contribution in [0.15, 0.2) is 23.0 Å². The van der Waals surface area contributed by atoms with Gasteiger partial charge in [0.25, 0.3) is 0 Å². The van der Waals surface area contributed by atoms with E-state index in [1.165, 1.54) is 0 Å². The number of benzene rings is 1. The third kappa shape index (κ3) is 2.47. The fraction of sp³-hybridized carbons (Fsp3) is 0.375. The number of hydrogen-bond donors (Lipinski definition) is 0. The van der Waals surface area contributed by atoms with Gasteiger partial charge in [0.2, 0.25) is 5.43 Å². The molecule has 1 fully saturated rings. The Balaban J connectivity index is 2.37. The summed E-state index contributed by atoms with van der Waals surface area (Å²) in [7, 11) is 0. The predicted octanol–water partition coefficient (Wildman–Crippen LogP) is 3.43. The summed E-state index contributed by atoms with van der Waals surface area (Å²) in [5.74, 6) is -0.519. The molecular formula is C16H16INO3. The van der Waals surface area contributed by atoms with Crippen LogP contribution in [0.25, 0.3) is 10.9 Å². The molecule has 4 nitrogen and oxygen atoms in total. The van der Waals surface area contributed by atoms with E-state index in [9.17, 15) is 9.59 Å². The third-order valence-corrected chi connectivity index (χ3v) is 4.48. The second-order valence-corrected chi connectivity index (χ2v) is 6.52. The van der Waals surface area contributed by atoms with Crippen LogP contribution in [0.3, 0.4) is 0 Å². The number of halogens is 1. The topological polar surface area (TPSA) is 48.3 Å². The molecule has 0 spiro atoms. The van der Waals surface area contributed by atoms with Gasteiger partial charge in [0.05, 0.1) is 12.1 Å². The zero-order chi connectivity index (χ0) is 15.1. The summed E-state index contributed by atoms with van der Waals surface area (Å²) in [6.45, 7) is 3.85. The first-order valence-corrected chi connectivity index (χ1v) is 8.14. The number of pyridine rings is 1. The van der Waals surface area contributed by atoms with Gasteiger partial charge < -0.3 is 9.30 Å². The summed E-state index contributed by atoms with van der Waals surface area (Å²) in [6.07, 6.45) is 2.18. The molecule has 5 heteroatoms. The van der Waals surface area contributed by atoms with Gasteiger partial charge in [-0.3, -0.25) is 4.79 Å². The highest BCUT2D eigenvalue weighted by atomic mass is 127. The lowest BCUT2D eigenvalue weighted by atomic mass is 10.1. The fourth-order valence-corrected chi connectivity index (χ4v) is 3.22. The Hall–Kier alpha value is -1.37. The zero-order valence-corrected chi connectivity index (χ0v) is 14.1. The molecule has 1 aromatic carbocycles. The largest absolute Gasteiger partial charge is 0.462 e. The van der Waals surface area contributed by atoms with Gasteiger partial charge in [0, 0.05) is 20.7 Å². The second-order valence-electron chi connectivity index (χ2n) is 5.27. The van der Waals surface area contributed by atoms with Crippen molar-refractivity contribution in [3.63, 3.8) is 0 Å². The molecule has 110 valence electrons. The summed E-state index contributed by atoms with van der Waals surface area (Å²) < 4.78 is 8.27. The molecule has 1 aliphatic carbocycles. The van der Waals surface area contributed by atoms with E-state index in [0.29, 0.717) is 11.4 Å². The summed E-state index contributed by atoms with van der Waals surface area (Å²) in [5.41, 5.74) is 1.59. The predicted molar refractivity (Wildman–Crippen MR) is 89.9 cm³/mol. The third-order valence-electron chi connectivity index (χ3n) is 3.81. The average molecular weight is 397 g/mol. The van der Waals surface area contributed by atoms with E-state index >= 15 is 0 Å². The Morgan fingerprint density at radius 2 is 2.14 bits per heavy atom. The van der Waals surface area contributed by atoms with Crippen molar-refractivity contribution in [2.24, 2.45) is 0 Å². The smallest absolute Gasteiger partial charge is 0.343 e.